The summed E-state index contributed by atoms with van der Waals surface area (Å²) in [6.45, 7) is 8.04. The van der Waals surface area contributed by atoms with Gasteiger partial charge in [0.05, 0.1) is 86.3 Å². The summed E-state index contributed by atoms with van der Waals surface area (Å²) >= 11 is 0. The second-order valence-corrected chi connectivity index (χ2v) is 27.5. The number of carboxylic acid groups (broad SMARTS) is 1. The van der Waals surface area contributed by atoms with E-state index in [2.05, 4.69) is 92.4 Å². The zero-order chi connectivity index (χ0) is 78.4. The molecule has 15 rings (SSSR count). The highest BCUT2D eigenvalue weighted by atomic mass is 36.0. The molecule has 114 heavy (non-hydrogen) atoms. The predicted octanol–water partition coefficient (Wildman–Crippen LogP) is 15.1. The third-order valence-corrected chi connectivity index (χ3v) is 17.9. The number of likely N-dealkylation sites (N-methyl/N-ethyl adjacent to an activating group) is 2. The number of nitrogens with two attached hydrogens (primary N) is 2. The number of aromatic amines is 4. The summed E-state index contributed by atoms with van der Waals surface area (Å²) in [5.74, 6) is 0.286. The van der Waals surface area contributed by atoms with Gasteiger partial charge in [0.2, 0.25) is 9.23 Å². The first-order valence-electron chi connectivity index (χ1n) is 34.7. The second-order valence-electron chi connectivity index (χ2n) is 25.0. The van der Waals surface area contributed by atoms with Gasteiger partial charge in [-0.15, -0.1) is 0 Å². The van der Waals surface area contributed by atoms with Crippen molar-refractivity contribution in [3.05, 3.63) is 228 Å². The topological polar surface area (TPSA) is 343 Å². The lowest BCUT2D eigenvalue weighted by atomic mass is 9.90. The number of carbonyl (C=O) groups is 5. The molecule has 0 saturated carbocycles. The Morgan fingerprint density at radius 1 is 0.570 bits per heavy atom. The van der Waals surface area contributed by atoms with Gasteiger partial charge < -0.3 is 84.2 Å². The number of ether oxygens (including phenoxy) is 8. The molecule has 3 aliphatic rings. The highest BCUT2D eigenvalue weighted by Gasteiger charge is 2.34. The summed E-state index contributed by atoms with van der Waals surface area (Å²) in [6, 6.07) is 54.1. The number of nitrogens with zero attached hydrogens (tertiary/aromatic N) is 3. The average molecular weight is 1630 g/mol. The van der Waals surface area contributed by atoms with Crippen LogP contribution in [-0.4, -0.2) is 202 Å². The van der Waals surface area contributed by atoms with Crippen molar-refractivity contribution in [1.29, 1.82) is 0 Å². The molecule has 8 heterocycles. The fraction of sp³-hybridized carbons (Fsp3) is 0.326. The van der Waals surface area contributed by atoms with Gasteiger partial charge in [-0.2, -0.15) is 0 Å². The highest BCUT2D eigenvalue weighted by molar-refractivity contribution is 8.26. The Hall–Kier alpha value is -10.5. The first-order chi connectivity index (χ1) is 52.7. The standard InChI is InChI=1S/C20H20N2O3.C20H16N2O3.C12H14N2O2.C11H12N2O2.C8H8O2.2C5H11NO.5CH4.Cl2OS/c2*1-24-13-9-7-12(8-10-13)18-19-15(11-17(22-18)20(23)25-2)14-5-3-4-6-16(14)21-19;1-16-12(15)10(13)6-8-7-14-11-5-3-2-4-9(8)11;12-9(11(14)15)5-7-6-13-10-4-2-1-3-8(7)10;1-10-8-4-2-7(6-9)3-5-8;2*1-6-2-4-7-5-3-6;;;;;;1-4(2)3/h3-10,17-18,21-22H,11H2,1-2H3;3-11,21H,1-2H3;2-5,7,10,14H,6,13H2,1H3;1-4,6,9,13H,5,12H2,(H,14,15);2-6H,1H3;2*2-5H2,1H3;5*1H4;/t17-,18?;;10-;9-;;;;;;;;;/m0.00........./s1. The van der Waals surface area contributed by atoms with E-state index in [1.54, 1.807) is 51.7 Å². The van der Waals surface area contributed by atoms with Gasteiger partial charge in [-0.1, -0.05) is 122 Å². The summed E-state index contributed by atoms with van der Waals surface area (Å²) in [7, 11) is 20.6. The van der Waals surface area contributed by atoms with Gasteiger partial charge >= 0.3 is 23.9 Å². The third kappa shape index (κ3) is 28.0. The van der Waals surface area contributed by atoms with Crippen molar-refractivity contribution in [2.75, 3.05) is 109 Å². The Morgan fingerprint density at radius 2 is 1.00 bits per heavy atom. The molecule has 7 aromatic carbocycles. The number of pyridine rings is 1. The van der Waals surface area contributed by atoms with Crippen molar-refractivity contribution in [2.45, 2.75) is 80.6 Å². The molecule has 1 unspecified atom stereocenters. The van der Waals surface area contributed by atoms with Crippen LogP contribution in [0.4, 0.5) is 0 Å². The number of H-pyrrole nitrogens is 4. The molecule has 0 amide bonds. The van der Waals surface area contributed by atoms with Crippen molar-refractivity contribution in [1.82, 2.24) is 40.0 Å². The number of hydrogen-bond acceptors (Lipinski definition) is 20. The molecule has 2 saturated heterocycles. The molecule has 2 fully saturated rings. The lowest BCUT2D eigenvalue weighted by molar-refractivity contribution is -0.143. The normalized spacial score (nSPS) is 14.3. The van der Waals surface area contributed by atoms with Gasteiger partial charge in [0.1, 0.15) is 47.4 Å². The number of esters is 3. The Labute approximate surface area is 680 Å². The van der Waals surface area contributed by atoms with E-state index in [9.17, 15) is 24.0 Å². The SMILES string of the molecule is C.C.C.C.C.CN1CCOCC1.CN1CCOCC1.COC(=O)[C@@H](N)Cc1c[nH]c2ccccc12.COC(=O)[C@@H]1Cc2c([nH]c3ccccc23)C(c2ccc(OC)cc2)N1.COC(=O)c1cc2c([nH]c3ccccc32)c(-c2ccc(OC)cc2)n1.COc1ccc(C=O)cc1.N[C@@H](Cc1c[nH]c2ccccc12)C(=O)O.O=S(Cl)Cl. The van der Waals surface area contributed by atoms with E-state index in [4.69, 9.17) is 53.9 Å². The molecule has 12 aromatic rings. The van der Waals surface area contributed by atoms with E-state index in [1.165, 1.54) is 26.9 Å². The lowest BCUT2D eigenvalue weighted by Gasteiger charge is -2.30. The molecule has 0 bridgehead atoms. The first kappa shape index (κ1) is 97.7. The monoisotopic (exact) mass is 1630 g/mol. The molecule has 28 heteroatoms. The number of morpholine rings is 2. The smallest absolute Gasteiger partial charge is 0.356 e. The number of halogens is 2. The van der Waals surface area contributed by atoms with Gasteiger partial charge in [0.15, 0.2) is 0 Å². The van der Waals surface area contributed by atoms with Crippen molar-refractivity contribution >= 4 is 115 Å². The molecule has 25 nitrogen and oxygen atoms in total. The minimum Gasteiger partial charge on any atom is -0.497 e. The maximum Gasteiger partial charge on any atom is 0.356 e. The van der Waals surface area contributed by atoms with Gasteiger partial charge in [-0.3, -0.25) is 24.5 Å². The van der Waals surface area contributed by atoms with Crippen LogP contribution in [0.5, 0.6) is 17.2 Å². The zero-order valence-electron chi connectivity index (χ0n) is 61.9. The van der Waals surface area contributed by atoms with E-state index in [-0.39, 0.29) is 66.8 Å². The van der Waals surface area contributed by atoms with Crippen molar-refractivity contribution in [3.8, 4) is 28.5 Å². The number of benzene rings is 7. The van der Waals surface area contributed by atoms with E-state index < -0.39 is 33.2 Å². The predicted molar refractivity (Wildman–Crippen MR) is 461 cm³/mol. The van der Waals surface area contributed by atoms with Crippen LogP contribution in [0, 0.1) is 0 Å². The summed E-state index contributed by atoms with van der Waals surface area (Å²) in [6.07, 6.45) is 5.94. The molecule has 5 aromatic heterocycles. The van der Waals surface area contributed by atoms with Crippen LogP contribution in [0.2, 0.25) is 0 Å². The van der Waals surface area contributed by atoms with Crippen LogP contribution < -0.4 is 31.0 Å². The number of carboxylic acids is 1. The molecule has 3 aliphatic heterocycles. The number of carbonyl (C=O) groups excluding carboxylic acids is 4. The van der Waals surface area contributed by atoms with Gasteiger partial charge in [0, 0.05) is 145 Å². The molecule has 0 spiro atoms. The maximum atomic E-state index is 12.2. The first-order valence-corrected chi connectivity index (χ1v) is 37.5. The van der Waals surface area contributed by atoms with Crippen LogP contribution in [0.3, 0.4) is 0 Å². The van der Waals surface area contributed by atoms with E-state index >= 15 is 0 Å². The minimum atomic E-state index is -1.67. The average Bonchev–Trinajstić information content (AvgIpc) is 1.60. The summed E-state index contributed by atoms with van der Waals surface area (Å²) in [5, 5.41) is 17.4. The summed E-state index contributed by atoms with van der Waals surface area (Å²) in [5.41, 5.74) is 24.1. The Morgan fingerprint density at radius 3 is 1.43 bits per heavy atom. The third-order valence-electron chi connectivity index (χ3n) is 17.9. The maximum absolute atomic E-state index is 12.2. The number of fused-ring (bicyclic) bond motifs is 8. The van der Waals surface area contributed by atoms with E-state index in [0.29, 0.717) is 30.5 Å². The molecular formula is C86H112Cl2N10O15S. The molecule has 0 radical (unpaired) electrons. The fourth-order valence-electron chi connectivity index (χ4n) is 12.0. The molecule has 4 atom stereocenters. The number of methoxy groups -OCH3 is 6. The van der Waals surface area contributed by atoms with Gasteiger partial charge in [0.25, 0.3) is 0 Å². The second kappa shape index (κ2) is 49.9. The molecular weight excluding hydrogens is 1520 g/mol. The minimum absolute atomic E-state index is 0. The van der Waals surface area contributed by atoms with E-state index in [0.717, 1.165) is 159 Å². The van der Waals surface area contributed by atoms with Crippen LogP contribution in [0.1, 0.15) is 92.0 Å². The Bertz CT molecular complexity index is 4890. The number of nitrogens with one attached hydrogen (secondary N) is 5. The summed E-state index contributed by atoms with van der Waals surface area (Å²) < 4.78 is 49.1. The fourth-order valence-corrected chi connectivity index (χ4v) is 12.0. The lowest BCUT2D eigenvalue weighted by Crippen LogP contribution is -2.45. The van der Waals surface area contributed by atoms with Crippen LogP contribution >= 0.6 is 21.4 Å². The van der Waals surface area contributed by atoms with E-state index in [1.807, 2.05) is 146 Å². The molecule has 10 N–H and O–H groups in total. The highest BCUT2D eigenvalue weighted by Crippen LogP contribution is 2.37. The molecule has 0 aliphatic carbocycles. The van der Waals surface area contributed by atoms with Crippen molar-refractivity contribution in [3.63, 3.8) is 0 Å². The number of hydrogen-bond donors (Lipinski definition) is 8. The Kier molecular flexibility index (Phi) is 42.8. The number of aldehydes is 1. The number of rotatable bonds is 14. The van der Waals surface area contributed by atoms with Crippen molar-refractivity contribution < 1.29 is 71.2 Å². The number of aromatic nitrogens is 5. The van der Waals surface area contributed by atoms with Crippen LogP contribution in [-0.2, 0) is 66.6 Å². The van der Waals surface area contributed by atoms with Gasteiger partial charge in [-0.25, -0.2) is 14.0 Å². The Balaban J connectivity index is 0.000000353. The largest absolute Gasteiger partial charge is 0.497 e. The number of aliphatic carboxylic acids is 1. The molecule has 616 valence electrons. The number of para-hydroxylation sites is 4. The van der Waals surface area contributed by atoms with Crippen LogP contribution in [0.25, 0.3) is 65.8 Å². The van der Waals surface area contributed by atoms with Gasteiger partial charge in [-0.05, 0) is 127 Å². The zero-order valence-corrected chi connectivity index (χ0v) is 64.2. The van der Waals surface area contributed by atoms with Crippen molar-refractivity contribution in [2.24, 2.45) is 11.5 Å². The van der Waals surface area contributed by atoms with Crippen LogP contribution in [0.15, 0.2) is 188 Å². The quantitative estimate of drug-likeness (QED) is 0.0217. The summed E-state index contributed by atoms with van der Waals surface area (Å²) in [4.78, 5) is 78.5.